The standard InChI is InChI=1S/C20H32N2O.ClH/c1-17(19-12-8-13-21-16-19)15-20(23)22(2)14-7-6-11-18-9-4-3-5-10-18;/h3-5,9-10,17,19,21H,6-8,11-16H2,1-2H3;1H. The van der Waals surface area contributed by atoms with Crippen LogP contribution in [0.2, 0.25) is 0 Å². The molecule has 0 spiro atoms. The Morgan fingerprint density at radius 1 is 1.29 bits per heavy atom. The normalized spacial score (nSPS) is 18.5. The van der Waals surface area contributed by atoms with Gasteiger partial charge in [-0.1, -0.05) is 37.3 Å². The molecule has 24 heavy (non-hydrogen) atoms. The summed E-state index contributed by atoms with van der Waals surface area (Å²) in [5.74, 6) is 1.46. The quantitative estimate of drug-likeness (QED) is 0.719. The maximum Gasteiger partial charge on any atom is 0.222 e. The lowest BCUT2D eigenvalue weighted by atomic mass is 9.85. The third-order valence-corrected chi connectivity index (χ3v) is 5.11. The van der Waals surface area contributed by atoms with Crippen LogP contribution in [0.3, 0.4) is 0 Å². The molecule has 1 N–H and O–H groups in total. The molecule has 1 amide bonds. The van der Waals surface area contributed by atoms with Gasteiger partial charge in [-0.05, 0) is 62.6 Å². The van der Waals surface area contributed by atoms with E-state index in [1.54, 1.807) is 0 Å². The number of nitrogens with zero attached hydrogens (tertiary/aromatic N) is 1. The molecule has 2 atom stereocenters. The predicted molar refractivity (Wildman–Crippen MR) is 104 cm³/mol. The van der Waals surface area contributed by atoms with Crippen molar-refractivity contribution in [1.29, 1.82) is 0 Å². The number of hydrogen-bond acceptors (Lipinski definition) is 2. The predicted octanol–water partition coefficient (Wildman–Crippen LogP) is 3.92. The molecule has 1 aromatic rings. The second-order valence-corrected chi connectivity index (χ2v) is 7.05. The van der Waals surface area contributed by atoms with E-state index >= 15 is 0 Å². The largest absolute Gasteiger partial charge is 0.346 e. The summed E-state index contributed by atoms with van der Waals surface area (Å²) >= 11 is 0. The van der Waals surface area contributed by atoms with Gasteiger partial charge in [0.15, 0.2) is 0 Å². The van der Waals surface area contributed by atoms with Crippen LogP contribution >= 0.6 is 12.4 Å². The highest BCUT2D eigenvalue weighted by Gasteiger charge is 2.23. The number of carbonyl (C=O) groups excluding carboxylic acids is 1. The number of aryl methyl sites for hydroxylation is 1. The average molecular weight is 353 g/mol. The number of amides is 1. The number of carbonyl (C=O) groups is 1. The molecular weight excluding hydrogens is 320 g/mol. The molecule has 4 heteroatoms. The molecule has 2 rings (SSSR count). The monoisotopic (exact) mass is 352 g/mol. The maximum absolute atomic E-state index is 12.4. The van der Waals surface area contributed by atoms with E-state index in [9.17, 15) is 4.79 Å². The van der Waals surface area contributed by atoms with E-state index < -0.39 is 0 Å². The Hall–Kier alpha value is -1.06. The molecular formula is C20H33ClN2O. The number of nitrogens with one attached hydrogen (secondary N) is 1. The fourth-order valence-corrected chi connectivity index (χ4v) is 3.41. The molecule has 0 saturated carbocycles. The van der Waals surface area contributed by atoms with E-state index in [4.69, 9.17) is 0 Å². The smallest absolute Gasteiger partial charge is 0.222 e. The van der Waals surface area contributed by atoms with Crippen molar-refractivity contribution < 1.29 is 4.79 Å². The molecule has 1 aliphatic heterocycles. The zero-order valence-corrected chi connectivity index (χ0v) is 16.0. The van der Waals surface area contributed by atoms with Gasteiger partial charge in [-0.25, -0.2) is 0 Å². The van der Waals surface area contributed by atoms with Crippen molar-refractivity contribution in [2.45, 2.75) is 45.4 Å². The van der Waals surface area contributed by atoms with Crippen LogP contribution in [-0.4, -0.2) is 37.5 Å². The lowest BCUT2D eigenvalue weighted by Gasteiger charge is -2.29. The first-order valence-corrected chi connectivity index (χ1v) is 9.15. The number of rotatable bonds is 8. The van der Waals surface area contributed by atoms with Gasteiger partial charge >= 0.3 is 0 Å². The highest BCUT2D eigenvalue weighted by Crippen LogP contribution is 2.23. The highest BCUT2D eigenvalue weighted by atomic mass is 35.5. The third kappa shape index (κ3) is 7.23. The number of benzene rings is 1. The van der Waals surface area contributed by atoms with Crippen molar-refractivity contribution >= 4 is 18.3 Å². The van der Waals surface area contributed by atoms with Crippen molar-refractivity contribution in [2.75, 3.05) is 26.7 Å². The van der Waals surface area contributed by atoms with Crippen LogP contribution in [0.15, 0.2) is 30.3 Å². The maximum atomic E-state index is 12.4. The molecule has 1 aromatic carbocycles. The second kappa shape index (κ2) is 11.5. The van der Waals surface area contributed by atoms with E-state index in [0.717, 1.165) is 38.9 Å². The van der Waals surface area contributed by atoms with E-state index in [0.29, 0.717) is 24.2 Å². The molecule has 0 bridgehead atoms. The molecule has 1 fully saturated rings. The van der Waals surface area contributed by atoms with E-state index in [1.807, 2.05) is 11.9 Å². The van der Waals surface area contributed by atoms with Crippen molar-refractivity contribution in [1.82, 2.24) is 10.2 Å². The van der Waals surface area contributed by atoms with Crippen LogP contribution in [-0.2, 0) is 11.2 Å². The van der Waals surface area contributed by atoms with Crippen molar-refractivity contribution in [2.24, 2.45) is 11.8 Å². The zero-order chi connectivity index (χ0) is 16.5. The van der Waals surface area contributed by atoms with Gasteiger partial charge in [0.05, 0.1) is 0 Å². The summed E-state index contributed by atoms with van der Waals surface area (Å²) in [7, 11) is 1.96. The molecule has 1 heterocycles. The Balaban J connectivity index is 0.00000288. The Kier molecular flexibility index (Phi) is 10.0. The first-order valence-electron chi connectivity index (χ1n) is 9.15. The van der Waals surface area contributed by atoms with Crippen LogP contribution in [0.1, 0.15) is 44.6 Å². The van der Waals surface area contributed by atoms with Crippen molar-refractivity contribution in [3.8, 4) is 0 Å². The van der Waals surface area contributed by atoms with E-state index in [2.05, 4.69) is 42.6 Å². The van der Waals surface area contributed by atoms with Gasteiger partial charge in [-0.3, -0.25) is 4.79 Å². The third-order valence-electron chi connectivity index (χ3n) is 5.11. The lowest BCUT2D eigenvalue weighted by molar-refractivity contribution is -0.131. The minimum atomic E-state index is 0. The van der Waals surface area contributed by atoms with Gasteiger partial charge in [-0.2, -0.15) is 0 Å². The summed E-state index contributed by atoms with van der Waals surface area (Å²) in [6, 6.07) is 10.6. The number of hydrogen-bond donors (Lipinski definition) is 1. The summed E-state index contributed by atoms with van der Waals surface area (Å²) in [6.45, 7) is 5.33. The number of piperidine rings is 1. The summed E-state index contributed by atoms with van der Waals surface area (Å²) in [5, 5.41) is 3.45. The van der Waals surface area contributed by atoms with Gasteiger partial charge in [0.1, 0.15) is 0 Å². The highest BCUT2D eigenvalue weighted by molar-refractivity contribution is 5.85. The topological polar surface area (TPSA) is 32.3 Å². The first kappa shape index (κ1) is 21.0. The Bertz CT molecular complexity index is 460. The van der Waals surface area contributed by atoms with E-state index in [1.165, 1.54) is 18.4 Å². The van der Waals surface area contributed by atoms with Gasteiger partial charge in [0.25, 0.3) is 0 Å². The minimum absolute atomic E-state index is 0. The van der Waals surface area contributed by atoms with Crippen molar-refractivity contribution in [3.05, 3.63) is 35.9 Å². The summed E-state index contributed by atoms with van der Waals surface area (Å²) in [6.07, 6.45) is 6.54. The molecule has 0 aromatic heterocycles. The van der Waals surface area contributed by atoms with Gasteiger partial charge in [0.2, 0.25) is 5.91 Å². The van der Waals surface area contributed by atoms with E-state index in [-0.39, 0.29) is 12.4 Å². The molecule has 136 valence electrons. The summed E-state index contributed by atoms with van der Waals surface area (Å²) in [4.78, 5) is 14.3. The lowest BCUT2D eigenvalue weighted by Crippen LogP contribution is -2.36. The molecule has 1 aliphatic rings. The van der Waals surface area contributed by atoms with Gasteiger partial charge in [0, 0.05) is 20.0 Å². The molecule has 3 nitrogen and oxygen atoms in total. The second-order valence-electron chi connectivity index (χ2n) is 7.05. The molecule has 2 unspecified atom stereocenters. The van der Waals surface area contributed by atoms with Crippen LogP contribution < -0.4 is 5.32 Å². The van der Waals surface area contributed by atoms with Gasteiger partial charge in [-0.15, -0.1) is 12.4 Å². The Morgan fingerprint density at radius 3 is 2.71 bits per heavy atom. The van der Waals surface area contributed by atoms with Crippen LogP contribution in [0.4, 0.5) is 0 Å². The van der Waals surface area contributed by atoms with Crippen LogP contribution in [0.5, 0.6) is 0 Å². The molecule has 0 radical (unpaired) electrons. The first-order chi connectivity index (χ1) is 11.2. The van der Waals surface area contributed by atoms with Crippen molar-refractivity contribution in [3.63, 3.8) is 0 Å². The van der Waals surface area contributed by atoms with Crippen LogP contribution in [0.25, 0.3) is 0 Å². The van der Waals surface area contributed by atoms with Gasteiger partial charge < -0.3 is 10.2 Å². The SMILES string of the molecule is CC(CC(=O)N(C)CCCCc1ccccc1)C1CCCNC1.Cl. The Morgan fingerprint density at radius 2 is 2.04 bits per heavy atom. The molecule has 1 saturated heterocycles. The fourth-order valence-electron chi connectivity index (χ4n) is 3.41. The summed E-state index contributed by atoms with van der Waals surface area (Å²) < 4.78 is 0. The number of halogens is 1. The zero-order valence-electron chi connectivity index (χ0n) is 15.2. The summed E-state index contributed by atoms with van der Waals surface area (Å²) in [5.41, 5.74) is 1.39. The minimum Gasteiger partial charge on any atom is -0.346 e. The van der Waals surface area contributed by atoms with Crippen LogP contribution in [0, 0.1) is 11.8 Å². The number of unbranched alkanes of at least 4 members (excludes halogenated alkanes) is 1. The Labute approximate surface area is 153 Å². The fraction of sp³-hybridized carbons (Fsp3) is 0.650. The average Bonchev–Trinajstić information content (AvgIpc) is 2.60. The molecule has 0 aliphatic carbocycles.